The molecule has 0 aliphatic rings. The quantitative estimate of drug-likeness (QED) is 0.453. The second-order valence-corrected chi connectivity index (χ2v) is 7.19. The number of rotatable bonds is 6. The molecule has 2 rings (SSSR count). The van der Waals surface area contributed by atoms with E-state index in [9.17, 15) is 14.9 Å². The molecule has 2 aromatic heterocycles. The molecule has 0 saturated heterocycles. The van der Waals surface area contributed by atoms with Crippen LogP contribution in [0.2, 0.25) is 0 Å². The van der Waals surface area contributed by atoms with Crippen molar-refractivity contribution in [1.82, 2.24) is 4.98 Å². The second-order valence-electron chi connectivity index (χ2n) is 4.64. The Labute approximate surface area is 145 Å². The van der Waals surface area contributed by atoms with Crippen molar-refractivity contribution >= 4 is 44.7 Å². The number of carbonyl (C=O) groups excluding carboxylic acids is 1. The Morgan fingerprint density at radius 3 is 2.83 bits per heavy atom. The molecule has 0 amide bonds. The van der Waals surface area contributed by atoms with Crippen LogP contribution in [0.3, 0.4) is 0 Å². The largest absolute Gasteiger partial charge is 0.465 e. The van der Waals surface area contributed by atoms with Crippen LogP contribution in [-0.2, 0) is 11.2 Å². The number of ether oxygens (including phenoxy) is 1. The number of nitrogens with zero attached hydrogens (tertiary/aromatic N) is 2. The molecular weight excluding hydrogens is 386 g/mol. The van der Waals surface area contributed by atoms with Gasteiger partial charge in [0.15, 0.2) is 0 Å². The topological polar surface area (TPSA) is 94.4 Å². The summed E-state index contributed by atoms with van der Waals surface area (Å²) in [7, 11) is 1.18. The van der Waals surface area contributed by atoms with Crippen molar-refractivity contribution in [2.75, 3.05) is 19.0 Å². The predicted molar refractivity (Wildman–Crippen MR) is 91.2 cm³/mol. The van der Waals surface area contributed by atoms with Gasteiger partial charge in [0.2, 0.25) is 5.82 Å². The Balaban J connectivity index is 2.24. The Bertz CT molecular complexity index is 748. The van der Waals surface area contributed by atoms with Crippen LogP contribution >= 0.6 is 27.3 Å². The molecule has 0 aliphatic heterocycles. The van der Waals surface area contributed by atoms with Crippen molar-refractivity contribution in [3.05, 3.63) is 48.2 Å². The van der Waals surface area contributed by atoms with Gasteiger partial charge < -0.3 is 10.1 Å². The summed E-state index contributed by atoms with van der Waals surface area (Å²) in [5, 5.41) is 14.3. The molecule has 122 valence electrons. The number of anilines is 1. The van der Waals surface area contributed by atoms with Gasteiger partial charge in [0.25, 0.3) is 0 Å². The average Bonchev–Trinajstić information content (AvgIpc) is 2.91. The summed E-state index contributed by atoms with van der Waals surface area (Å²) in [4.78, 5) is 27.7. The maximum absolute atomic E-state index is 11.8. The normalized spacial score (nSPS) is 10.4. The van der Waals surface area contributed by atoms with Crippen LogP contribution in [0.4, 0.5) is 11.5 Å². The highest BCUT2D eigenvalue weighted by molar-refractivity contribution is 9.11. The Kier molecular flexibility index (Phi) is 5.67. The molecule has 0 unspecified atom stereocenters. The second kappa shape index (κ2) is 7.51. The number of halogens is 1. The van der Waals surface area contributed by atoms with E-state index >= 15 is 0 Å². The monoisotopic (exact) mass is 399 g/mol. The molecule has 0 atom stereocenters. The van der Waals surface area contributed by atoms with Gasteiger partial charge in [-0.05, 0) is 47.5 Å². The first-order valence-corrected chi connectivity index (χ1v) is 8.25. The minimum Gasteiger partial charge on any atom is -0.465 e. The first-order valence-electron chi connectivity index (χ1n) is 6.64. The van der Waals surface area contributed by atoms with E-state index < -0.39 is 10.9 Å². The molecule has 0 saturated carbocycles. The van der Waals surface area contributed by atoms with Crippen LogP contribution < -0.4 is 5.32 Å². The predicted octanol–water partition coefficient (Wildman–Crippen LogP) is 3.56. The van der Waals surface area contributed by atoms with Crippen molar-refractivity contribution < 1.29 is 14.5 Å². The van der Waals surface area contributed by atoms with E-state index in [1.54, 1.807) is 18.3 Å². The molecule has 0 spiro atoms. The van der Waals surface area contributed by atoms with E-state index in [0.29, 0.717) is 18.7 Å². The van der Waals surface area contributed by atoms with Gasteiger partial charge in [0, 0.05) is 17.1 Å². The van der Waals surface area contributed by atoms with Crippen molar-refractivity contribution in [3.63, 3.8) is 0 Å². The minimum absolute atomic E-state index is 0.0750. The Hall–Kier alpha value is -2.00. The fourth-order valence-electron chi connectivity index (χ4n) is 2.03. The number of carbonyl (C=O) groups is 1. The molecule has 2 aromatic rings. The van der Waals surface area contributed by atoms with Gasteiger partial charge in [-0.2, -0.15) is 0 Å². The third-order valence-electron chi connectivity index (χ3n) is 3.00. The maximum atomic E-state index is 11.8. The van der Waals surface area contributed by atoms with Crippen LogP contribution in [-0.4, -0.2) is 29.5 Å². The summed E-state index contributed by atoms with van der Waals surface area (Å²) in [6.45, 7) is 2.13. The number of aromatic nitrogens is 1. The molecule has 0 aliphatic carbocycles. The average molecular weight is 400 g/mol. The molecule has 1 N–H and O–H groups in total. The lowest BCUT2D eigenvalue weighted by atomic mass is 10.2. The lowest BCUT2D eigenvalue weighted by Crippen LogP contribution is -2.13. The van der Waals surface area contributed by atoms with Crippen LogP contribution in [0.15, 0.2) is 22.0 Å². The van der Waals surface area contributed by atoms with Crippen LogP contribution in [0.5, 0.6) is 0 Å². The molecule has 9 heteroatoms. The number of hydrogen-bond donors (Lipinski definition) is 1. The summed E-state index contributed by atoms with van der Waals surface area (Å²) < 4.78 is 5.64. The highest BCUT2D eigenvalue weighted by Gasteiger charge is 2.27. The first-order chi connectivity index (χ1) is 10.9. The van der Waals surface area contributed by atoms with Gasteiger partial charge in [-0.15, -0.1) is 11.3 Å². The summed E-state index contributed by atoms with van der Waals surface area (Å²) >= 11 is 4.98. The number of nitrogens with one attached hydrogen (secondary N) is 1. The highest BCUT2D eigenvalue weighted by Crippen LogP contribution is 2.29. The lowest BCUT2D eigenvalue weighted by molar-refractivity contribution is -0.384. The SMILES string of the molecule is COC(=O)c1cc(C)nc(NCCc2ccc(Br)s2)c1[N+](=O)[O-]. The fourth-order valence-corrected chi connectivity index (χ4v) is 3.51. The molecule has 23 heavy (non-hydrogen) atoms. The zero-order chi connectivity index (χ0) is 17.0. The summed E-state index contributed by atoms with van der Waals surface area (Å²) in [5.41, 5.74) is 0.0264. The van der Waals surface area contributed by atoms with Gasteiger partial charge >= 0.3 is 11.7 Å². The number of thiophene rings is 1. The number of nitro groups is 1. The van der Waals surface area contributed by atoms with E-state index in [-0.39, 0.29) is 17.1 Å². The molecule has 0 bridgehead atoms. The Morgan fingerprint density at radius 2 is 2.26 bits per heavy atom. The van der Waals surface area contributed by atoms with E-state index in [2.05, 4.69) is 31.0 Å². The van der Waals surface area contributed by atoms with E-state index in [4.69, 9.17) is 0 Å². The number of hydrogen-bond acceptors (Lipinski definition) is 7. The van der Waals surface area contributed by atoms with Gasteiger partial charge in [-0.1, -0.05) is 0 Å². The summed E-state index contributed by atoms with van der Waals surface area (Å²) in [6, 6.07) is 5.28. The lowest BCUT2D eigenvalue weighted by Gasteiger charge is -2.09. The smallest absolute Gasteiger partial charge is 0.345 e. The van der Waals surface area contributed by atoms with E-state index in [1.807, 2.05) is 12.1 Å². The van der Waals surface area contributed by atoms with Gasteiger partial charge in [-0.25, -0.2) is 9.78 Å². The zero-order valence-corrected chi connectivity index (χ0v) is 14.9. The first kappa shape index (κ1) is 17.4. The minimum atomic E-state index is -0.757. The summed E-state index contributed by atoms with van der Waals surface area (Å²) in [6.07, 6.45) is 0.691. The van der Waals surface area contributed by atoms with Crippen molar-refractivity contribution in [1.29, 1.82) is 0 Å². The Morgan fingerprint density at radius 1 is 1.52 bits per heavy atom. The maximum Gasteiger partial charge on any atom is 0.345 e. The number of esters is 1. The van der Waals surface area contributed by atoms with Crippen LogP contribution in [0, 0.1) is 17.0 Å². The zero-order valence-electron chi connectivity index (χ0n) is 12.5. The van der Waals surface area contributed by atoms with Crippen LogP contribution in [0.25, 0.3) is 0 Å². The van der Waals surface area contributed by atoms with Gasteiger partial charge in [-0.3, -0.25) is 10.1 Å². The summed E-state index contributed by atoms with van der Waals surface area (Å²) in [5.74, 6) is -0.682. The molecule has 0 aromatic carbocycles. The number of aryl methyl sites for hydroxylation is 1. The fraction of sp³-hybridized carbons (Fsp3) is 0.286. The molecule has 7 nitrogen and oxygen atoms in total. The van der Waals surface area contributed by atoms with E-state index in [0.717, 1.165) is 8.66 Å². The van der Waals surface area contributed by atoms with Gasteiger partial charge in [0.05, 0.1) is 15.8 Å². The number of pyridine rings is 1. The molecular formula is C14H14BrN3O4S. The van der Waals surface area contributed by atoms with Crippen molar-refractivity contribution in [3.8, 4) is 0 Å². The number of methoxy groups -OCH3 is 1. The van der Waals surface area contributed by atoms with Gasteiger partial charge in [0.1, 0.15) is 5.56 Å². The van der Waals surface area contributed by atoms with E-state index in [1.165, 1.54) is 13.2 Å². The standard InChI is InChI=1S/C14H14BrN3O4S/c1-8-7-10(14(19)22-2)12(18(20)21)13(17-8)16-6-5-9-3-4-11(15)23-9/h3-4,7H,5-6H2,1-2H3,(H,16,17). The molecule has 0 fully saturated rings. The van der Waals surface area contributed by atoms with Crippen LogP contribution in [0.1, 0.15) is 20.9 Å². The molecule has 0 radical (unpaired) electrons. The third kappa shape index (κ3) is 4.26. The molecule has 2 heterocycles. The third-order valence-corrected chi connectivity index (χ3v) is 4.68. The van der Waals surface area contributed by atoms with Crippen molar-refractivity contribution in [2.24, 2.45) is 0 Å². The van der Waals surface area contributed by atoms with Crippen molar-refractivity contribution in [2.45, 2.75) is 13.3 Å². The highest BCUT2D eigenvalue weighted by atomic mass is 79.9.